The first kappa shape index (κ1) is 11.6. The minimum Gasteiger partial charge on any atom is -0.387 e. The van der Waals surface area contributed by atoms with Crippen molar-refractivity contribution in [3.05, 3.63) is 35.6 Å². The Hall–Kier alpha value is -0.930. The maximum Gasteiger partial charge on any atom is 0.123 e. The fourth-order valence-electron chi connectivity index (χ4n) is 2.42. The SMILES string of the molecule is OC(c1cccc(F)c1)C1(O)CCCCC1. The maximum atomic E-state index is 13.0. The highest BCUT2D eigenvalue weighted by atomic mass is 19.1. The fraction of sp³-hybridized carbons (Fsp3) is 0.538. The third kappa shape index (κ3) is 2.25. The quantitative estimate of drug-likeness (QED) is 0.810. The van der Waals surface area contributed by atoms with Gasteiger partial charge in [-0.1, -0.05) is 31.4 Å². The van der Waals surface area contributed by atoms with E-state index in [0.29, 0.717) is 18.4 Å². The molecule has 0 heterocycles. The van der Waals surface area contributed by atoms with Crippen LogP contribution in [0.25, 0.3) is 0 Å². The highest BCUT2D eigenvalue weighted by molar-refractivity contribution is 5.21. The molecule has 0 aliphatic heterocycles. The third-order valence-electron chi connectivity index (χ3n) is 3.39. The Morgan fingerprint density at radius 1 is 1.19 bits per heavy atom. The lowest BCUT2D eigenvalue weighted by Gasteiger charge is -2.36. The molecule has 1 aliphatic carbocycles. The summed E-state index contributed by atoms with van der Waals surface area (Å²) < 4.78 is 13.0. The van der Waals surface area contributed by atoms with E-state index in [1.54, 1.807) is 12.1 Å². The van der Waals surface area contributed by atoms with Crippen LogP contribution in [-0.2, 0) is 0 Å². The molecule has 0 bridgehead atoms. The van der Waals surface area contributed by atoms with Crippen LogP contribution in [0.5, 0.6) is 0 Å². The summed E-state index contributed by atoms with van der Waals surface area (Å²) in [4.78, 5) is 0. The summed E-state index contributed by atoms with van der Waals surface area (Å²) in [7, 11) is 0. The van der Waals surface area contributed by atoms with E-state index >= 15 is 0 Å². The first-order chi connectivity index (χ1) is 7.62. The molecule has 1 aromatic carbocycles. The van der Waals surface area contributed by atoms with Gasteiger partial charge in [0.15, 0.2) is 0 Å². The normalized spacial score (nSPS) is 21.7. The molecular formula is C13H17FO2. The van der Waals surface area contributed by atoms with Gasteiger partial charge < -0.3 is 10.2 Å². The zero-order valence-corrected chi connectivity index (χ0v) is 9.19. The van der Waals surface area contributed by atoms with E-state index in [-0.39, 0.29) is 5.82 Å². The van der Waals surface area contributed by atoms with Crippen molar-refractivity contribution in [2.45, 2.75) is 43.8 Å². The zero-order chi connectivity index (χ0) is 11.6. The molecule has 2 rings (SSSR count). The molecule has 0 spiro atoms. The van der Waals surface area contributed by atoms with Crippen molar-refractivity contribution in [1.29, 1.82) is 0 Å². The van der Waals surface area contributed by atoms with Crippen LogP contribution < -0.4 is 0 Å². The molecule has 3 heteroatoms. The summed E-state index contributed by atoms with van der Waals surface area (Å²) in [6, 6.07) is 5.83. The number of benzene rings is 1. The minimum atomic E-state index is -1.08. The van der Waals surface area contributed by atoms with Crippen molar-refractivity contribution < 1.29 is 14.6 Å². The monoisotopic (exact) mass is 224 g/mol. The molecule has 2 nitrogen and oxygen atoms in total. The number of aliphatic hydroxyl groups is 2. The van der Waals surface area contributed by atoms with Crippen LogP contribution in [0, 0.1) is 5.82 Å². The van der Waals surface area contributed by atoms with Gasteiger partial charge in [0.25, 0.3) is 0 Å². The highest BCUT2D eigenvalue weighted by Gasteiger charge is 2.37. The summed E-state index contributed by atoms with van der Waals surface area (Å²) >= 11 is 0. The van der Waals surface area contributed by atoms with Crippen LogP contribution in [-0.4, -0.2) is 15.8 Å². The van der Waals surface area contributed by atoms with Crippen molar-refractivity contribution in [2.75, 3.05) is 0 Å². The summed E-state index contributed by atoms with van der Waals surface area (Å²) in [5.41, 5.74) is -0.615. The Labute approximate surface area is 94.7 Å². The first-order valence-corrected chi connectivity index (χ1v) is 5.78. The van der Waals surface area contributed by atoms with E-state index in [1.165, 1.54) is 12.1 Å². The van der Waals surface area contributed by atoms with Crippen LogP contribution in [0.15, 0.2) is 24.3 Å². The van der Waals surface area contributed by atoms with E-state index in [9.17, 15) is 14.6 Å². The third-order valence-corrected chi connectivity index (χ3v) is 3.39. The van der Waals surface area contributed by atoms with Crippen molar-refractivity contribution >= 4 is 0 Å². The van der Waals surface area contributed by atoms with Gasteiger partial charge in [0, 0.05) is 0 Å². The molecular weight excluding hydrogens is 207 g/mol. The largest absolute Gasteiger partial charge is 0.387 e. The van der Waals surface area contributed by atoms with Crippen LogP contribution in [0.2, 0.25) is 0 Å². The van der Waals surface area contributed by atoms with E-state index in [4.69, 9.17) is 0 Å². The van der Waals surface area contributed by atoms with Gasteiger partial charge in [-0.05, 0) is 30.5 Å². The average Bonchev–Trinajstić information content (AvgIpc) is 2.29. The lowest BCUT2D eigenvalue weighted by Crippen LogP contribution is -2.38. The maximum absolute atomic E-state index is 13.0. The number of rotatable bonds is 2. The highest BCUT2D eigenvalue weighted by Crippen LogP contribution is 2.38. The lowest BCUT2D eigenvalue weighted by molar-refractivity contribution is -0.0992. The molecule has 16 heavy (non-hydrogen) atoms. The second kappa shape index (κ2) is 4.52. The molecule has 1 unspecified atom stereocenters. The van der Waals surface area contributed by atoms with E-state index in [1.807, 2.05) is 0 Å². The number of hydrogen-bond donors (Lipinski definition) is 2. The molecule has 88 valence electrons. The van der Waals surface area contributed by atoms with Gasteiger partial charge in [-0.25, -0.2) is 4.39 Å². The number of halogens is 1. The standard InChI is InChI=1S/C13H17FO2/c14-11-6-4-5-10(9-11)12(15)13(16)7-2-1-3-8-13/h4-6,9,12,15-16H,1-3,7-8H2. The first-order valence-electron chi connectivity index (χ1n) is 5.78. The Morgan fingerprint density at radius 2 is 1.88 bits per heavy atom. The van der Waals surface area contributed by atoms with Gasteiger partial charge in [-0.2, -0.15) is 0 Å². The smallest absolute Gasteiger partial charge is 0.123 e. The van der Waals surface area contributed by atoms with Gasteiger partial charge in [-0.15, -0.1) is 0 Å². The van der Waals surface area contributed by atoms with Crippen molar-refractivity contribution in [2.24, 2.45) is 0 Å². The van der Waals surface area contributed by atoms with Crippen LogP contribution in [0.1, 0.15) is 43.8 Å². The molecule has 1 aromatic rings. The Kier molecular flexibility index (Phi) is 3.26. The summed E-state index contributed by atoms with van der Waals surface area (Å²) in [5, 5.41) is 20.4. The summed E-state index contributed by atoms with van der Waals surface area (Å²) in [6.45, 7) is 0. The molecule has 0 amide bonds. The lowest BCUT2D eigenvalue weighted by atomic mass is 9.78. The predicted molar refractivity (Wildman–Crippen MR) is 59.4 cm³/mol. The zero-order valence-electron chi connectivity index (χ0n) is 9.19. The topological polar surface area (TPSA) is 40.5 Å². The van der Waals surface area contributed by atoms with E-state index in [0.717, 1.165) is 19.3 Å². The van der Waals surface area contributed by atoms with Gasteiger partial charge >= 0.3 is 0 Å². The van der Waals surface area contributed by atoms with E-state index in [2.05, 4.69) is 0 Å². The second-order valence-corrected chi connectivity index (χ2v) is 4.62. The van der Waals surface area contributed by atoms with Crippen LogP contribution in [0.4, 0.5) is 4.39 Å². The second-order valence-electron chi connectivity index (χ2n) is 4.62. The minimum absolute atomic E-state index is 0.379. The molecule has 1 fully saturated rings. The van der Waals surface area contributed by atoms with Crippen molar-refractivity contribution in [3.8, 4) is 0 Å². The fourth-order valence-corrected chi connectivity index (χ4v) is 2.42. The van der Waals surface area contributed by atoms with Gasteiger partial charge in [0.05, 0.1) is 5.60 Å². The number of hydrogen-bond acceptors (Lipinski definition) is 2. The molecule has 2 N–H and O–H groups in total. The van der Waals surface area contributed by atoms with Gasteiger partial charge in [0.1, 0.15) is 11.9 Å². The van der Waals surface area contributed by atoms with Crippen molar-refractivity contribution in [3.63, 3.8) is 0 Å². The Balaban J connectivity index is 2.20. The van der Waals surface area contributed by atoms with Gasteiger partial charge in [-0.3, -0.25) is 0 Å². The molecule has 0 saturated heterocycles. The molecule has 1 aliphatic rings. The van der Waals surface area contributed by atoms with Crippen LogP contribution in [0.3, 0.4) is 0 Å². The Morgan fingerprint density at radius 3 is 2.50 bits per heavy atom. The average molecular weight is 224 g/mol. The summed E-state index contributed by atoms with van der Waals surface area (Å²) in [6.07, 6.45) is 3.13. The van der Waals surface area contributed by atoms with Crippen LogP contribution >= 0.6 is 0 Å². The van der Waals surface area contributed by atoms with Gasteiger partial charge in [0.2, 0.25) is 0 Å². The molecule has 1 saturated carbocycles. The van der Waals surface area contributed by atoms with Crippen molar-refractivity contribution in [1.82, 2.24) is 0 Å². The molecule has 0 aromatic heterocycles. The van der Waals surface area contributed by atoms with E-state index < -0.39 is 11.7 Å². The summed E-state index contributed by atoms with van der Waals surface area (Å²) in [5.74, 6) is -0.379. The molecule has 1 atom stereocenters. The number of aliphatic hydroxyl groups excluding tert-OH is 1. The molecule has 0 radical (unpaired) electrons. The predicted octanol–water partition coefficient (Wildman–Crippen LogP) is 2.55. The Bertz CT molecular complexity index is 359.